The van der Waals surface area contributed by atoms with Gasteiger partial charge >= 0.3 is 0 Å². The van der Waals surface area contributed by atoms with Gasteiger partial charge in [0.2, 0.25) is 0 Å². The van der Waals surface area contributed by atoms with Gasteiger partial charge in [-0.05, 0) is 43.3 Å². The van der Waals surface area contributed by atoms with Gasteiger partial charge in [0, 0.05) is 17.9 Å². The van der Waals surface area contributed by atoms with Gasteiger partial charge in [-0.1, -0.05) is 17.8 Å². The van der Waals surface area contributed by atoms with Crippen molar-refractivity contribution in [3.05, 3.63) is 48.0 Å². The molecule has 0 amide bonds. The van der Waals surface area contributed by atoms with Crippen LogP contribution in [0.4, 0.5) is 0 Å². The molecule has 8 heteroatoms. The Morgan fingerprint density at radius 1 is 1.07 bits per heavy atom. The standard InChI is InChI=1S/C21H23N3O4S/c1-4-24-20(15-8-10-17(26-2)11-9-15)22-23-21(24)29-13-12-28-19-16(14-25)6-5-7-18(19)27-3/h5-11,14H,4,12-13H2,1-3H3. The molecule has 1 heterocycles. The van der Waals surface area contributed by atoms with Gasteiger partial charge in [-0.3, -0.25) is 4.79 Å². The fourth-order valence-electron chi connectivity index (χ4n) is 2.85. The van der Waals surface area contributed by atoms with E-state index >= 15 is 0 Å². The fraction of sp³-hybridized carbons (Fsp3) is 0.286. The lowest BCUT2D eigenvalue weighted by molar-refractivity contribution is 0.111. The summed E-state index contributed by atoms with van der Waals surface area (Å²) in [6, 6.07) is 13.0. The van der Waals surface area contributed by atoms with E-state index in [1.165, 1.54) is 0 Å². The summed E-state index contributed by atoms with van der Waals surface area (Å²) in [5.74, 6) is 3.26. The molecule has 0 saturated carbocycles. The van der Waals surface area contributed by atoms with Crippen molar-refractivity contribution in [1.82, 2.24) is 14.8 Å². The molecule has 29 heavy (non-hydrogen) atoms. The molecule has 0 aliphatic carbocycles. The van der Waals surface area contributed by atoms with E-state index in [4.69, 9.17) is 14.2 Å². The Kier molecular flexibility index (Phi) is 7.13. The van der Waals surface area contributed by atoms with Crippen molar-refractivity contribution in [2.75, 3.05) is 26.6 Å². The largest absolute Gasteiger partial charge is 0.497 e. The lowest BCUT2D eigenvalue weighted by atomic mass is 10.2. The second-order valence-electron chi connectivity index (χ2n) is 5.97. The number of hydrogen-bond donors (Lipinski definition) is 0. The zero-order chi connectivity index (χ0) is 20.6. The minimum absolute atomic E-state index is 0.403. The van der Waals surface area contributed by atoms with E-state index in [1.807, 2.05) is 24.3 Å². The van der Waals surface area contributed by atoms with E-state index in [-0.39, 0.29) is 0 Å². The number of thioether (sulfide) groups is 1. The molecule has 0 aliphatic heterocycles. The third kappa shape index (κ3) is 4.71. The van der Waals surface area contributed by atoms with Crippen LogP contribution >= 0.6 is 11.8 Å². The molecule has 0 unspecified atom stereocenters. The van der Waals surface area contributed by atoms with E-state index in [2.05, 4.69) is 21.7 Å². The average molecular weight is 413 g/mol. The molecule has 0 atom stereocenters. The monoisotopic (exact) mass is 413 g/mol. The summed E-state index contributed by atoms with van der Waals surface area (Å²) in [5, 5.41) is 9.49. The number of benzene rings is 2. The summed E-state index contributed by atoms with van der Waals surface area (Å²) in [5.41, 5.74) is 1.45. The highest BCUT2D eigenvalue weighted by molar-refractivity contribution is 7.99. The van der Waals surface area contributed by atoms with Crippen LogP contribution in [0.3, 0.4) is 0 Å². The SMILES string of the molecule is CCn1c(SCCOc2c(C=O)cccc2OC)nnc1-c1ccc(OC)cc1. The highest BCUT2D eigenvalue weighted by Crippen LogP contribution is 2.30. The van der Waals surface area contributed by atoms with E-state index in [0.717, 1.165) is 35.1 Å². The molecule has 0 fully saturated rings. The quantitative estimate of drug-likeness (QED) is 0.283. The first-order valence-electron chi connectivity index (χ1n) is 9.17. The lowest BCUT2D eigenvalue weighted by Crippen LogP contribution is -2.06. The number of ether oxygens (including phenoxy) is 3. The molecule has 0 aliphatic rings. The lowest BCUT2D eigenvalue weighted by Gasteiger charge is -2.12. The van der Waals surface area contributed by atoms with Crippen molar-refractivity contribution in [2.45, 2.75) is 18.6 Å². The second-order valence-corrected chi connectivity index (χ2v) is 7.03. The third-order valence-electron chi connectivity index (χ3n) is 4.30. The summed E-state index contributed by atoms with van der Waals surface area (Å²) in [6.07, 6.45) is 0.764. The Hall–Kier alpha value is -3.00. The minimum Gasteiger partial charge on any atom is -0.497 e. The summed E-state index contributed by atoms with van der Waals surface area (Å²) in [6.45, 7) is 3.21. The number of aldehydes is 1. The number of aromatic nitrogens is 3. The van der Waals surface area contributed by atoms with Crippen LogP contribution in [0.25, 0.3) is 11.4 Å². The van der Waals surface area contributed by atoms with Crippen LogP contribution in [0.5, 0.6) is 17.2 Å². The molecule has 7 nitrogen and oxygen atoms in total. The fourth-order valence-corrected chi connectivity index (χ4v) is 3.67. The molecule has 0 N–H and O–H groups in total. The van der Waals surface area contributed by atoms with Gasteiger partial charge in [0.05, 0.1) is 26.4 Å². The van der Waals surface area contributed by atoms with E-state index in [9.17, 15) is 4.79 Å². The van der Waals surface area contributed by atoms with Gasteiger partial charge in [-0.15, -0.1) is 10.2 Å². The second kappa shape index (κ2) is 9.97. The molecule has 1 aromatic heterocycles. The molecular formula is C21H23N3O4S. The van der Waals surface area contributed by atoms with E-state index < -0.39 is 0 Å². The van der Waals surface area contributed by atoms with Crippen molar-refractivity contribution < 1.29 is 19.0 Å². The maximum atomic E-state index is 11.2. The number of nitrogens with zero attached hydrogens (tertiary/aromatic N) is 3. The Bertz CT molecular complexity index is 957. The maximum absolute atomic E-state index is 11.2. The molecular weight excluding hydrogens is 390 g/mol. The summed E-state index contributed by atoms with van der Waals surface area (Å²) in [4.78, 5) is 11.2. The first-order chi connectivity index (χ1) is 14.2. The molecule has 0 radical (unpaired) electrons. The van der Waals surface area contributed by atoms with Crippen molar-refractivity contribution in [2.24, 2.45) is 0 Å². The number of para-hydroxylation sites is 1. The molecule has 0 spiro atoms. The smallest absolute Gasteiger partial charge is 0.191 e. The van der Waals surface area contributed by atoms with Gasteiger partial charge in [0.25, 0.3) is 0 Å². The summed E-state index contributed by atoms with van der Waals surface area (Å²) in [7, 11) is 3.19. The van der Waals surface area contributed by atoms with Gasteiger partial charge in [0.15, 0.2) is 28.8 Å². The highest BCUT2D eigenvalue weighted by atomic mass is 32.2. The number of carbonyl (C=O) groups excluding carboxylic acids is 1. The molecule has 0 bridgehead atoms. The predicted octanol–water partition coefficient (Wildman–Crippen LogP) is 3.97. The van der Waals surface area contributed by atoms with Gasteiger partial charge < -0.3 is 18.8 Å². The van der Waals surface area contributed by atoms with Crippen molar-refractivity contribution in [3.8, 4) is 28.6 Å². The predicted molar refractivity (Wildman–Crippen MR) is 112 cm³/mol. The molecule has 2 aromatic carbocycles. The number of hydrogen-bond acceptors (Lipinski definition) is 7. The van der Waals surface area contributed by atoms with Crippen LogP contribution < -0.4 is 14.2 Å². The molecule has 0 saturated heterocycles. The van der Waals surface area contributed by atoms with E-state index in [0.29, 0.717) is 29.4 Å². The molecule has 152 valence electrons. The van der Waals surface area contributed by atoms with Gasteiger partial charge in [-0.2, -0.15) is 0 Å². The van der Waals surface area contributed by atoms with Crippen LogP contribution in [-0.2, 0) is 6.54 Å². The Labute approximate surface area is 174 Å². The summed E-state index contributed by atoms with van der Waals surface area (Å²) >= 11 is 1.55. The zero-order valence-corrected chi connectivity index (χ0v) is 17.4. The first kappa shape index (κ1) is 20.7. The Balaban J connectivity index is 1.66. The molecule has 3 aromatic rings. The number of rotatable bonds is 10. The van der Waals surface area contributed by atoms with Gasteiger partial charge in [0.1, 0.15) is 5.75 Å². The number of carbonyl (C=O) groups is 1. The minimum atomic E-state index is 0.403. The van der Waals surface area contributed by atoms with E-state index in [1.54, 1.807) is 44.2 Å². The average Bonchev–Trinajstić information content (AvgIpc) is 3.19. The third-order valence-corrected chi connectivity index (χ3v) is 5.23. The highest BCUT2D eigenvalue weighted by Gasteiger charge is 2.14. The topological polar surface area (TPSA) is 75.5 Å². The van der Waals surface area contributed by atoms with Crippen LogP contribution in [-0.4, -0.2) is 47.6 Å². The van der Waals surface area contributed by atoms with Crippen LogP contribution in [0.15, 0.2) is 47.6 Å². The van der Waals surface area contributed by atoms with Crippen molar-refractivity contribution in [3.63, 3.8) is 0 Å². The Morgan fingerprint density at radius 2 is 1.86 bits per heavy atom. The Morgan fingerprint density at radius 3 is 2.52 bits per heavy atom. The van der Waals surface area contributed by atoms with Crippen LogP contribution in [0.1, 0.15) is 17.3 Å². The van der Waals surface area contributed by atoms with Gasteiger partial charge in [-0.25, -0.2) is 0 Å². The maximum Gasteiger partial charge on any atom is 0.191 e. The first-order valence-corrected chi connectivity index (χ1v) is 10.2. The molecule has 3 rings (SSSR count). The van der Waals surface area contributed by atoms with Crippen LogP contribution in [0, 0.1) is 0 Å². The van der Waals surface area contributed by atoms with Crippen molar-refractivity contribution >= 4 is 18.0 Å². The van der Waals surface area contributed by atoms with Crippen molar-refractivity contribution in [1.29, 1.82) is 0 Å². The number of methoxy groups -OCH3 is 2. The normalized spacial score (nSPS) is 10.6. The zero-order valence-electron chi connectivity index (χ0n) is 16.6. The van der Waals surface area contributed by atoms with Crippen LogP contribution in [0.2, 0.25) is 0 Å². The summed E-state index contributed by atoms with van der Waals surface area (Å²) < 4.78 is 18.4.